The zero-order valence-corrected chi connectivity index (χ0v) is 11.3. The number of nitrogen functional groups attached to an aromatic ring is 1. The Labute approximate surface area is 117 Å². The van der Waals surface area contributed by atoms with Gasteiger partial charge in [-0.25, -0.2) is 4.39 Å². The third-order valence-electron chi connectivity index (χ3n) is 3.13. The van der Waals surface area contributed by atoms with Gasteiger partial charge in [0.05, 0.1) is 5.69 Å². The second-order valence-corrected chi connectivity index (χ2v) is 4.54. The van der Waals surface area contributed by atoms with Gasteiger partial charge in [-0.15, -0.1) is 0 Å². The first-order chi connectivity index (χ1) is 9.61. The molecule has 0 aliphatic heterocycles. The van der Waals surface area contributed by atoms with E-state index < -0.39 is 5.82 Å². The summed E-state index contributed by atoms with van der Waals surface area (Å²) < 4.78 is 13.4. The van der Waals surface area contributed by atoms with Crippen LogP contribution in [0.25, 0.3) is 0 Å². The molecule has 0 aromatic heterocycles. The number of nitrogens with two attached hydrogens (primary N) is 1. The number of halogens is 1. The van der Waals surface area contributed by atoms with Gasteiger partial charge in [-0.1, -0.05) is 30.3 Å². The Balaban J connectivity index is 2.18. The molecular formula is C16H17FN2O. The highest BCUT2D eigenvalue weighted by Gasteiger charge is 2.15. The summed E-state index contributed by atoms with van der Waals surface area (Å²) in [6.45, 7) is 2.95. The van der Waals surface area contributed by atoms with Crippen LogP contribution in [0, 0.1) is 5.82 Å². The molecule has 2 N–H and O–H groups in total. The average Bonchev–Trinajstić information content (AvgIpc) is 2.48. The zero-order valence-electron chi connectivity index (χ0n) is 11.3. The normalized spacial score (nSPS) is 10.3. The Kier molecular flexibility index (Phi) is 4.35. The fourth-order valence-corrected chi connectivity index (χ4v) is 1.97. The van der Waals surface area contributed by atoms with Gasteiger partial charge < -0.3 is 10.6 Å². The SMILES string of the molecule is CCN(Cc1ccccc1)C(=O)c1ccc(N)c(F)c1. The third kappa shape index (κ3) is 3.15. The summed E-state index contributed by atoms with van der Waals surface area (Å²) in [4.78, 5) is 14.0. The van der Waals surface area contributed by atoms with Crippen molar-refractivity contribution in [3.63, 3.8) is 0 Å². The Hall–Kier alpha value is -2.36. The smallest absolute Gasteiger partial charge is 0.254 e. The number of hydrogen-bond donors (Lipinski definition) is 1. The minimum atomic E-state index is -0.563. The molecule has 2 aromatic carbocycles. The van der Waals surface area contributed by atoms with Crippen LogP contribution < -0.4 is 5.73 Å². The van der Waals surface area contributed by atoms with Crippen LogP contribution in [0.3, 0.4) is 0 Å². The van der Waals surface area contributed by atoms with Crippen LogP contribution in [0.2, 0.25) is 0 Å². The molecular weight excluding hydrogens is 255 g/mol. The van der Waals surface area contributed by atoms with Crippen LogP contribution >= 0.6 is 0 Å². The predicted molar refractivity (Wildman–Crippen MR) is 77.7 cm³/mol. The minimum Gasteiger partial charge on any atom is -0.396 e. The first-order valence-electron chi connectivity index (χ1n) is 6.50. The van der Waals surface area contributed by atoms with Gasteiger partial charge in [0, 0.05) is 18.7 Å². The van der Waals surface area contributed by atoms with Crippen molar-refractivity contribution >= 4 is 11.6 Å². The topological polar surface area (TPSA) is 46.3 Å². The molecule has 2 aromatic rings. The summed E-state index contributed by atoms with van der Waals surface area (Å²) in [5.74, 6) is -0.762. The van der Waals surface area contributed by atoms with Gasteiger partial charge in [0.25, 0.3) is 5.91 Å². The molecule has 2 rings (SSSR count). The third-order valence-corrected chi connectivity index (χ3v) is 3.13. The maximum absolute atomic E-state index is 13.4. The van der Waals surface area contributed by atoms with Crippen molar-refractivity contribution in [2.75, 3.05) is 12.3 Å². The Morgan fingerprint density at radius 1 is 1.20 bits per heavy atom. The van der Waals surface area contributed by atoms with E-state index in [1.165, 1.54) is 12.1 Å². The van der Waals surface area contributed by atoms with E-state index in [2.05, 4.69) is 0 Å². The van der Waals surface area contributed by atoms with E-state index in [0.29, 0.717) is 18.7 Å². The van der Waals surface area contributed by atoms with Crippen LogP contribution in [0.5, 0.6) is 0 Å². The maximum Gasteiger partial charge on any atom is 0.254 e. The van der Waals surface area contributed by atoms with Crippen molar-refractivity contribution in [3.05, 3.63) is 65.5 Å². The highest BCUT2D eigenvalue weighted by molar-refractivity contribution is 5.94. The number of benzene rings is 2. The molecule has 0 fully saturated rings. The second-order valence-electron chi connectivity index (χ2n) is 4.54. The van der Waals surface area contributed by atoms with Crippen LogP contribution in [0.4, 0.5) is 10.1 Å². The van der Waals surface area contributed by atoms with Crippen molar-refractivity contribution in [2.45, 2.75) is 13.5 Å². The van der Waals surface area contributed by atoms with Gasteiger partial charge in [0.2, 0.25) is 0 Å². The van der Waals surface area contributed by atoms with Gasteiger partial charge in [0.15, 0.2) is 0 Å². The summed E-state index contributed by atoms with van der Waals surface area (Å²) in [5.41, 5.74) is 6.82. The van der Waals surface area contributed by atoms with Crippen LogP contribution in [-0.4, -0.2) is 17.4 Å². The number of anilines is 1. The summed E-state index contributed by atoms with van der Waals surface area (Å²) in [5, 5.41) is 0. The molecule has 0 unspecified atom stereocenters. The highest BCUT2D eigenvalue weighted by Crippen LogP contribution is 2.15. The molecule has 0 aliphatic carbocycles. The summed E-state index contributed by atoms with van der Waals surface area (Å²) in [6.07, 6.45) is 0. The maximum atomic E-state index is 13.4. The van der Waals surface area contributed by atoms with Crippen LogP contribution in [0.15, 0.2) is 48.5 Å². The summed E-state index contributed by atoms with van der Waals surface area (Å²) >= 11 is 0. The van der Waals surface area contributed by atoms with Crippen molar-refractivity contribution in [3.8, 4) is 0 Å². The first kappa shape index (κ1) is 14.1. The van der Waals surface area contributed by atoms with Crippen molar-refractivity contribution < 1.29 is 9.18 Å². The van der Waals surface area contributed by atoms with Gasteiger partial charge >= 0.3 is 0 Å². The molecule has 1 amide bonds. The second kappa shape index (κ2) is 6.19. The number of carbonyl (C=O) groups excluding carboxylic acids is 1. The Bertz CT molecular complexity index is 599. The summed E-state index contributed by atoms with van der Waals surface area (Å²) in [7, 11) is 0. The molecule has 104 valence electrons. The van der Waals surface area contributed by atoms with E-state index in [-0.39, 0.29) is 11.6 Å². The molecule has 0 radical (unpaired) electrons. The molecule has 20 heavy (non-hydrogen) atoms. The van der Waals surface area contributed by atoms with Gasteiger partial charge in [-0.2, -0.15) is 0 Å². The lowest BCUT2D eigenvalue weighted by atomic mass is 10.1. The number of amides is 1. The molecule has 0 bridgehead atoms. The number of carbonyl (C=O) groups is 1. The van der Waals surface area contributed by atoms with E-state index in [9.17, 15) is 9.18 Å². The van der Waals surface area contributed by atoms with Crippen molar-refractivity contribution in [1.29, 1.82) is 0 Å². The van der Waals surface area contributed by atoms with E-state index >= 15 is 0 Å². The zero-order chi connectivity index (χ0) is 14.5. The largest absolute Gasteiger partial charge is 0.396 e. The number of rotatable bonds is 4. The van der Waals surface area contributed by atoms with Crippen molar-refractivity contribution in [1.82, 2.24) is 4.90 Å². The Morgan fingerprint density at radius 3 is 2.50 bits per heavy atom. The molecule has 0 spiro atoms. The molecule has 0 saturated heterocycles. The highest BCUT2D eigenvalue weighted by atomic mass is 19.1. The van der Waals surface area contributed by atoms with E-state index in [1.807, 2.05) is 37.3 Å². The minimum absolute atomic E-state index is 0.0488. The van der Waals surface area contributed by atoms with Crippen LogP contribution in [0.1, 0.15) is 22.8 Å². The fourth-order valence-electron chi connectivity index (χ4n) is 1.97. The molecule has 3 nitrogen and oxygen atoms in total. The number of nitrogens with zero attached hydrogens (tertiary/aromatic N) is 1. The average molecular weight is 272 g/mol. The lowest BCUT2D eigenvalue weighted by Crippen LogP contribution is -2.30. The van der Waals surface area contributed by atoms with Gasteiger partial charge in [0.1, 0.15) is 5.82 Å². The van der Waals surface area contributed by atoms with E-state index in [0.717, 1.165) is 5.56 Å². The molecule has 0 heterocycles. The Morgan fingerprint density at radius 2 is 1.90 bits per heavy atom. The van der Waals surface area contributed by atoms with Gasteiger partial charge in [-0.05, 0) is 30.7 Å². The predicted octanol–water partition coefficient (Wildman–Crippen LogP) is 3.07. The van der Waals surface area contributed by atoms with Crippen LogP contribution in [-0.2, 0) is 6.54 Å². The number of hydrogen-bond acceptors (Lipinski definition) is 2. The molecule has 4 heteroatoms. The monoisotopic (exact) mass is 272 g/mol. The van der Waals surface area contributed by atoms with Crippen molar-refractivity contribution in [2.24, 2.45) is 0 Å². The first-order valence-corrected chi connectivity index (χ1v) is 6.50. The molecule has 0 aliphatic rings. The van der Waals surface area contributed by atoms with E-state index in [1.54, 1.807) is 11.0 Å². The van der Waals surface area contributed by atoms with E-state index in [4.69, 9.17) is 5.73 Å². The lowest BCUT2D eigenvalue weighted by molar-refractivity contribution is 0.0752. The fraction of sp³-hybridized carbons (Fsp3) is 0.188. The summed E-state index contributed by atoms with van der Waals surface area (Å²) in [6, 6.07) is 13.8. The quantitative estimate of drug-likeness (QED) is 0.869. The standard InChI is InChI=1S/C16H17FN2O/c1-2-19(11-12-6-4-3-5-7-12)16(20)13-8-9-15(18)14(17)10-13/h3-10H,2,11,18H2,1H3. The lowest BCUT2D eigenvalue weighted by Gasteiger charge is -2.21. The van der Waals surface area contributed by atoms with Gasteiger partial charge in [-0.3, -0.25) is 4.79 Å². The molecule has 0 saturated carbocycles. The molecule has 0 atom stereocenters.